The summed E-state index contributed by atoms with van der Waals surface area (Å²) in [5, 5.41) is 9.79. The van der Waals surface area contributed by atoms with E-state index in [0.29, 0.717) is 6.04 Å². The molecular weight excluding hydrogens is 310 g/mol. The summed E-state index contributed by atoms with van der Waals surface area (Å²) in [6.45, 7) is 3.03. The van der Waals surface area contributed by atoms with Crippen LogP contribution < -0.4 is 9.47 Å². The van der Waals surface area contributed by atoms with Gasteiger partial charge < -0.3 is 19.3 Å². The van der Waals surface area contributed by atoms with Gasteiger partial charge in [0.1, 0.15) is 6.10 Å². The van der Waals surface area contributed by atoms with Crippen molar-refractivity contribution in [1.82, 2.24) is 14.9 Å². The molecule has 1 saturated heterocycles. The van der Waals surface area contributed by atoms with Crippen LogP contribution in [0.1, 0.15) is 31.9 Å². The van der Waals surface area contributed by atoms with E-state index in [1.165, 1.54) is 14.2 Å². The van der Waals surface area contributed by atoms with Gasteiger partial charge in [0.2, 0.25) is 12.0 Å². The number of aliphatic hydroxyl groups is 1. The summed E-state index contributed by atoms with van der Waals surface area (Å²) < 4.78 is 16.0. The van der Waals surface area contributed by atoms with E-state index in [-0.39, 0.29) is 28.7 Å². The zero-order valence-electron chi connectivity index (χ0n) is 13.2. The molecule has 0 bridgehead atoms. The zero-order valence-corrected chi connectivity index (χ0v) is 14.0. The van der Waals surface area contributed by atoms with E-state index in [0.717, 1.165) is 19.4 Å². The maximum atomic E-state index is 9.72. The minimum absolute atomic E-state index is 0.0373. The molecule has 0 aliphatic carbocycles. The van der Waals surface area contributed by atoms with Gasteiger partial charge in [0.15, 0.2) is 11.0 Å². The highest BCUT2D eigenvalue weighted by atomic mass is 35.5. The molecule has 1 N–H and O–H groups in total. The van der Waals surface area contributed by atoms with Crippen LogP contribution in [0, 0.1) is 0 Å². The highest BCUT2D eigenvalue weighted by molar-refractivity contribution is 6.31. The predicted octanol–water partition coefficient (Wildman–Crippen LogP) is 1.64. The van der Waals surface area contributed by atoms with Crippen LogP contribution >= 0.6 is 11.6 Å². The molecule has 0 spiro atoms. The average Bonchev–Trinajstić information content (AvgIpc) is 2.92. The number of hydrogen-bond donors (Lipinski definition) is 1. The van der Waals surface area contributed by atoms with Crippen LogP contribution in [0.25, 0.3) is 0 Å². The van der Waals surface area contributed by atoms with Crippen LogP contribution in [0.2, 0.25) is 5.15 Å². The number of rotatable bonds is 6. The van der Waals surface area contributed by atoms with E-state index in [2.05, 4.69) is 21.9 Å². The normalized spacial score (nSPS) is 21.6. The molecular formula is C14H22ClN3O4. The number of aliphatic hydroxyl groups excluding tert-OH is 1. The first-order valence-corrected chi connectivity index (χ1v) is 7.54. The van der Waals surface area contributed by atoms with Crippen molar-refractivity contribution in [2.45, 2.75) is 38.2 Å². The van der Waals surface area contributed by atoms with Crippen LogP contribution in [0.3, 0.4) is 0 Å². The van der Waals surface area contributed by atoms with Crippen molar-refractivity contribution in [3.63, 3.8) is 0 Å². The second-order valence-corrected chi connectivity index (χ2v) is 5.67. The first-order chi connectivity index (χ1) is 10.5. The highest BCUT2D eigenvalue weighted by Gasteiger charge is 2.30. The molecule has 1 aromatic heterocycles. The van der Waals surface area contributed by atoms with Crippen LogP contribution in [0.15, 0.2) is 0 Å². The Balaban J connectivity index is 2.25. The number of likely N-dealkylation sites (N-methyl/N-ethyl adjacent to an activating group) is 1. The molecule has 1 aliphatic rings. The predicted molar refractivity (Wildman–Crippen MR) is 81.3 cm³/mol. The molecule has 1 aliphatic heterocycles. The second-order valence-electron chi connectivity index (χ2n) is 5.31. The monoisotopic (exact) mass is 331 g/mol. The minimum Gasteiger partial charge on any atom is -0.489 e. The lowest BCUT2D eigenvalue weighted by atomic mass is 10.1. The standard InChI is InChI=1S/C14H22ClN3O4/c1-8(9-6-5-7-18(9)2)22-13-10(20-3)11(15)16-12(17-13)14(19)21-4/h8-9,14,19H,5-7H2,1-4H3/t8-,9-,14?/m0/s1. The topological polar surface area (TPSA) is 76.9 Å². The van der Waals surface area contributed by atoms with Gasteiger partial charge in [0.05, 0.1) is 7.11 Å². The highest BCUT2D eigenvalue weighted by Crippen LogP contribution is 2.34. The van der Waals surface area contributed by atoms with E-state index in [4.69, 9.17) is 25.8 Å². The third kappa shape index (κ3) is 3.60. The smallest absolute Gasteiger partial charge is 0.262 e. The number of halogens is 1. The molecule has 8 heteroatoms. The molecule has 22 heavy (non-hydrogen) atoms. The Hall–Kier alpha value is -1.15. The third-order valence-corrected chi connectivity index (χ3v) is 4.13. The molecule has 7 nitrogen and oxygen atoms in total. The van der Waals surface area contributed by atoms with E-state index >= 15 is 0 Å². The second kappa shape index (κ2) is 7.41. The fourth-order valence-electron chi connectivity index (χ4n) is 2.67. The summed E-state index contributed by atoms with van der Waals surface area (Å²) in [7, 11) is 4.89. The van der Waals surface area contributed by atoms with Crippen molar-refractivity contribution in [3.05, 3.63) is 11.0 Å². The van der Waals surface area contributed by atoms with Gasteiger partial charge in [0.25, 0.3) is 5.88 Å². The molecule has 1 aromatic rings. The van der Waals surface area contributed by atoms with Crippen LogP contribution in [0.5, 0.6) is 11.6 Å². The van der Waals surface area contributed by atoms with E-state index in [9.17, 15) is 5.11 Å². The summed E-state index contributed by atoms with van der Waals surface area (Å²) in [4.78, 5) is 10.4. The fourth-order valence-corrected chi connectivity index (χ4v) is 2.91. The SMILES string of the molecule is COc1c(Cl)nc(C(O)OC)nc1O[C@@H](C)[C@@H]1CCCN1C. The Kier molecular flexibility index (Phi) is 5.80. The molecule has 0 radical (unpaired) electrons. The number of nitrogens with zero attached hydrogens (tertiary/aromatic N) is 3. The van der Waals surface area contributed by atoms with Crippen LogP contribution in [-0.2, 0) is 4.74 Å². The molecule has 124 valence electrons. The lowest BCUT2D eigenvalue weighted by molar-refractivity contribution is -0.0835. The quantitative estimate of drug-likeness (QED) is 0.627. The number of aromatic nitrogens is 2. The Morgan fingerprint density at radius 3 is 2.64 bits per heavy atom. The van der Waals surface area contributed by atoms with Gasteiger partial charge in [-0.05, 0) is 33.4 Å². The van der Waals surface area contributed by atoms with Crippen LogP contribution in [-0.4, -0.2) is 59.9 Å². The summed E-state index contributed by atoms with van der Waals surface area (Å²) in [6.07, 6.45) is 0.839. The molecule has 0 aromatic carbocycles. The van der Waals surface area contributed by atoms with Crippen molar-refractivity contribution < 1.29 is 19.3 Å². The first kappa shape index (κ1) is 17.2. The first-order valence-electron chi connectivity index (χ1n) is 7.17. The summed E-state index contributed by atoms with van der Waals surface area (Å²) in [5.74, 6) is 0.498. The van der Waals surface area contributed by atoms with Crippen molar-refractivity contribution in [1.29, 1.82) is 0 Å². The van der Waals surface area contributed by atoms with Gasteiger partial charge in [-0.1, -0.05) is 11.6 Å². The molecule has 0 saturated carbocycles. The van der Waals surface area contributed by atoms with Crippen molar-refractivity contribution in [2.75, 3.05) is 27.8 Å². The summed E-state index contributed by atoms with van der Waals surface area (Å²) >= 11 is 6.07. The minimum atomic E-state index is -1.27. The molecule has 0 amide bonds. The van der Waals surface area contributed by atoms with E-state index in [1.807, 2.05) is 6.92 Å². The molecule has 1 unspecified atom stereocenters. The molecule has 1 fully saturated rings. The number of ether oxygens (including phenoxy) is 3. The Morgan fingerprint density at radius 1 is 1.36 bits per heavy atom. The van der Waals surface area contributed by atoms with Crippen molar-refractivity contribution in [2.24, 2.45) is 0 Å². The average molecular weight is 332 g/mol. The molecule has 2 rings (SSSR count). The largest absolute Gasteiger partial charge is 0.489 e. The number of methoxy groups -OCH3 is 2. The molecule has 3 atom stereocenters. The molecule has 2 heterocycles. The Bertz CT molecular complexity index is 517. The maximum absolute atomic E-state index is 9.72. The lowest BCUT2D eigenvalue weighted by Gasteiger charge is -2.27. The number of likely N-dealkylation sites (tertiary alicyclic amines) is 1. The van der Waals surface area contributed by atoms with Gasteiger partial charge in [-0.3, -0.25) is 4.90 Å². The van der Waals surface area contributed by atoms with E-state index in [1.54, 1.807) is 0 Å². The van der Waals surface area contributed by atoms with Gasteiger partial charge >= 0.3 is 0 Å². The maximum Gasteiger partial charge on any atom is 0.262 e. The summed E-state index contributed by atoms with van der Waals surface area (Å²) in [6, 6.07) is 0.300. The van der Waals surface area contributed by atoms with Gasteiger partial charge in [-0.2, -0.15) is 4.98 Å². The van der Waals surface area contributed by atoms with Gasteiger partial charge in [0, 0.05) is 13.2 Å². The van der Waals surface area contributed by atoms with Gasteiger partial charge in [-0.15, -0.1) is 0 Å². The van der Waals surface area contributed by atoms with Crippen molar-refractivity contribution in [3.8, 4) is 11.6 Å². The Labute approximate surface area is 135 Å². The van der Waals surface area contributed by atoms with Crippen LogP contribution in [0.4, 0.5) is 0 Å². The van der Waals surface area contributed by atoms with Crippen molar-refractivity contribution >= 4 is 11.6 Å². The zero-order chi connectivity index (χ0) is 16.3. The summed E-state index contributed by atoms with van der Waals surface area (Å²) in [5.41, 5.74) is 0. The Morgan fingerprint density at radius 2 is 2.09 bits per heavy atom. The van der Waals surface area contributed by atoms with E-state index < -0.39 is 6.29 Å². The number of hydrogen-bond acceptors (Lipinski definition) is 7. The fraction of sp³-hybridized carbons (Fsp3) is 0.714. The third-order valence-electron chi connectivity index (χ3n) is 3.87. The van der Waals surface area contributed by atoms with Gasteiger partial charge in [-0.25, -0.2) is 4.98 Å². The lowest BCUT2D eigenvalue weighted by Crippen LogP contribution is -2.38.